The predicted molar refractivity (Wildman–Crippen MR) is 55.4 cm³/mol. The van der Waals surface area contributed by atoms with Gasteiger partial charge in [-0.25, -0.2) is 9.59 Å². The van der Waals surface area contributed by atoms with Crippen LogP contribution in [0.3, 0.4) is 0 Å². The number of ether oxygens (including phenoxy) is 1. The van der Waals surface area contributed by atoms with Gasteiger partial charge in [-0.1, -0.05) is 0 Å². The van der Waals surface area contributed by atoms with Crippen molar-refractivity contribution in [3.05, 3.63) is 0 Å². The Morgan fingerprint density at radius 3 is 2.35 bits per heavy atom. The fourth-order valence-electron chi connectivity index (χ4n) is 1.52. The van der Waals surface area contributed by atoms with Crippen LogP contribution in [-0.4, -0.2) is 77.3 Å². The van der Waals surface area contributed by atoms with E-state index in [0.29, 0.717) is 0 Å². The Kier molecular flexibility index (Phi) is 4.67. The molecule has 8 nitrogen and oxygen atoms in total. The Hall–Kier alpha value is -1.38. The standard InChI is InChI=1S/C9H16N2O6/c1-17-4-5(8(14)15)10-9(16)11-2-6(12)7(13)3-11/h5-7,12-13H,2-4H2,1H3,(H,10,16)(H,14,15). The van der Waals surface area contributed by atoms with Gasteiger partial charge in [-0.3, -0.25) is 0 Å². The summed E-state index contributed by atoms with van der Waals surface area (Å²) in [4.78, 5) is 23.5. The zero-order chi connectivity index (χ0) is 13.0. The van der Waals surface area contributed by atoms with E-state index in [-0.39, 0.29) is 19.7 Å². The van der Waals surface area contributed by atoms with E-state index < -0.39 is 30.3 Å². The molecule has 1 saturated heterocycles. The first-order valence-electron chi connectivity index (χ1n) is 5.09. The molecule has 0 saturated carbocycles. The molecular formula is C9H16N2O6. The van der Waals surface area contributed by atoms with Crippen LogP contribution in [0.25, 0.3) is 0 Å². The fraction of sp³-hybridized carbons (Fsp3) is 0.778. The normalized spacial score (nSPS) is 25.7. The van der Waals surface area contributed by atoms with Gasteiger partial charge < -0.3 is 30.3 Å². The van der Waals surface area contributed by atoms with E-state index in [9.17, 15) is 19.8 Å². The number of carbonyl (C=O) groups is 2. The van der Waals surface area contributed by atoms with E-state index in [0.717, 1.165) is 4.90 Å². The average Bonchev–Trinajstić information content (AvgIpc) is 2.58. The first-order chi connectivity index (χ1) is 7.95. The number of carboxylic acid groups (broad SMARTS) is 1. The van der Waals surface area contributed by atoms with Gasteiger partial charge in [-0.2, -0.15) is 0 Å². The molecule has 0 radical (unpaired) electrons. The first kappa shape index (κ1) is 13.7. The topological polar surface area (TPSA) is 119 Å². The minimum Gasteiger partial charge on any atom is -0.480 e. The maximum Gasteiger partial charge on any atom is 0.328 e. The van der Waals surface area contributed by atoms with E-state index in [1.807, 2.05) is 0 Å². The highest BCUT2D eigenvalue weighted by Gasteiger charge is 2.34. The molecule has 2 amide bonds. The molecule has 3 unspecified atom stereocenters. The molecule has 4 N–H and O–H groups in total. The number of hydrogen-bond acceptors (Lipinski definition) is 5. The van der Waals surface area contributed by atoms with Crippen molar-refractivity contribution < 1.29 is 29.6 Å². The van der Waals surface area contributed by atoms with Gasteiger partial charge in [0.15, 0.2) is 6.04 Å². The molecule has 1 aliphatic rings. The largest absolute Gasteiger partial charge is 0.480 e. The van der Waals surface area contributed by atoms with E-state index >= 15 is 0 Å². The number of carboxylic acids is 1. The molecule has 0 spiro atoms. The van der Waals surface area contributed by atoms with Crippen molar-refractivity contribution in [1.82, 2.24) is 10.2 Å². The van der Waals surface area contributed by atoms with Crippen LogP contribution in [0.15, 0.2) is 0 Å². The minimum atomic E-state index is -1.21. The van der Waals surface area contributed by atoms with E-state index in [4.69, 9.17) is 5.11 Å². The van der Waals surface area contributed by atoms with Gasteiger partial charge in [0.25, 0.3) is 0 Å². The lowest BCUT2D eigenvalue weighted by Crippen LogP contribution is -2.49. The van der Waals surface area contributed by atoms with Crippen LogP contribution in [0.1, 0.15) is 0 Å². The van der Waals surface area contributed by atoms with E-state index in [1.165, 1.54) is 7.11 Å². The molecule has 8 heteroatoms. The van der Waals surface area contributed by atoms with Crippen LogP contribution in [-0.2, 0) is 9.53 Å². The predicted octanol–water partition coefficient (Wildman–Crippen LogP) is -2.17. The molecule has 1 rings (SSSR count). The molecule has 0 aromatic heterocycles. The number of methoxy groups -OCH3 is 1. The molecule has 1 heterocycles. The highest BCUT2D eigenvalue weighted by atomic mass is 16.5. The van der Waals surface area contributed by atoms with E-state index in [1.54, 1.807) is 0 Å². The summed E-state index contributed by atoms with van der Waals surface area (Å²) in [5, 5.41) is 29.5. The van der Waals surface area contributed by atoms with Crippen LogP contribution in [0.5, 0.6) is 0 Å². The number of nitrogens with one attached hydrogen (secondary N) is 1. The molecule has 1 aliphatic heterocycles. The van der Waals surface area contributed by atoms with Crippen molar-refractivity contribution in [3.63, 3.8) is 0 Å². The van der Waals surface area contributed by atoms with Gasteiger partial charge >= 0.3 is 12.0 Å². The van der Waals surface area contributed by atoms with Crippen LogP contribution >= 0.6 is 0 Å². The van der Waals surface area contributed by atoms with Gasteiger partial charge in [0, 0.05) is 7.11 Å². The van der Waals surface area contributed by atoms with Crippen molar-refractivity contribution >= 4 is 12.0 Å². The molecular weight excluding hydrogens is 232 g/mol. The fourth-order valence-corrected chi connectivity index (χ4v) is 1.52. The second kappa shape index (κ2) is 5.80. The number of aliphatic carboxylic acids is 1. The van der Waals surface area contributed by atoms with E-state index in [2.05, 4.69) is 10.1 Å². The highest BCUT2D eigenvalue weighted by molar-refractivity contribution is 5.82. The Labute approximate surface area is 97.8 Å². The molecule has 1 fully saturated rings. The molecule has 98 valence electrons. The van der Waals surface area contributed by atoms with Crippen molar-refractivity contribution in [1.29, 1.82) is 0 Å². The van der Waals surface area contributed by atoms with Gasteiger partial charge in [0.1, 0.15) is 0 Å². The monoisotopic (exact) mass is 248 g/mol. The lowest BCUT2D eigenvalue weighted by molar-refractivity contribution is -0.140. The zero-order valence-corrected chi connectivity index (χ0v) is 9.37. The Bertz CT molecular complexity index is 287. The summed E-state index contributed by atoms with van der Waals surface area (Å²) < 4.78 is 4.66. The molecule has 3 atom stereocenters. The maximum absolute atomic E-state index is 11.6. The van der Waals surface area contributed by atoms with Crippen LogP contribution in [0.4, 0.5) is 4.79 Å². The summed E-state index contributed by atoms with van der Waals surface area (Å²) in [7, 11) is 1.32. The highest BCUT2D eigenvalue weighted by Crippen LogP contribution is 2.09. The van der Waals surface area contributed by atoms with Crippen LogP contribution < -0.4 is 5.32 Å². The van der Waals surface area contributed by atoms with Crippen molar-refractivity contribution in [2.24, 2.45) is 0 Å². The second-order valence-electron chi connectivity index (χ2n) is 3.84. The molecule has 0 aliphatic carbocycles. The molecule has 0 bridgehead atoms. The number of aliphatic hydroxyl groups excluding tert-OH is 2. The van der Waals surface area contributed by atoms with Gasteiger partial charge in [-0.05, 0) is 0 Å². The van der Waals surface area contributed by atoms with Crippen LogP contribution in [0.2, 0.25) is 0 Å². The number of rotatable bonds is 4. The summed E-state index contributed by atoms with van der Waals surface area (Å²) in [6.45, 7) is -0.196. The summed E-state index contributed by atoms with van der Waals surface area (Å²) in [5.74, 6) is -1.21. The Balaban J connectivity index is 2.50. The van der Waals surface area contributed by atoms with Gasteiger partial charge in [0.2, 0.25) is 0 Å². The zero-order valence-electron chi connectivity index (χ0n) is 9.37. The summed E-state index contributed by atoms with van der Waals surface area (Å²) >= 11 is 0. The lowest BCUT2D eigenvalue weighted by atomic mass is 10.3. The van der Waals surface area contributed by atoms with Crippen LogP contribution in [0, 0.1) is 0 Å². The van der Waals surface area contributed by atoms with Crippen molar-refractivity contribution in [2.75, 3.05) is 26.8 Å². The molecule has 17 heavy (non-hydrogen) atoms. The summed E-state index contributed by atoms with van der Waals surface area (Å²) in [6.07, 6.45) is -1.99. The number of β-amino-alcohol motifs (C(OH)–C–C–N with tert-alkyl or cyclic N) is 2. The third kappa shape index (κ3) is 3.55. The third-order valence-electron chi connectivity index (χ3n) is 2.48. The number of likely N-dealkylation sites (tertiary alicyclic amines) is 1. The summed E-state index contributed by atoms with van der Waals surface area (Å²) in [5.41, 5.74) is 0. The third-order valence-corrected chi connectivity index (χ3v) is 2.48. The minimum absolute atomic E-state index is 0.0215. The lowest BCUT2D eigenvalue weighted by Gasteiger charge is -2.20. The number of hydrogen-bond donors (Lipinski definition) is 4. The number of aliphatic hydroxyl groups is 2. The number of nitrogens with zero attached hydrogens (tertiary/aromatic N) is 1. The van der Waals surface area contributed by atoms with Crippen molar-refractivity contribution in [3.8, 4) is 0 Å². The maximum atomic E-state index is 11.6. The quantitative estimate of drug-likeness (QED) is 0.449. The number of urea groups is 1. The SMILES string of the molecule is COCC(NC(=O)N1CC(O)C(O)C1)C(=O)O. The second-order valence-corrected chi connectivity index (χ2v) is 3.84. The van der Waals surface area contributed by atoms with Crippen molar-refractivity contribution in [2.45, 2.75) is 18.2 Å². The summed E-state index contributed by atoms with van der Waals surface area (Å²) in [6, 6.07) is -1.80. The smallest absolute Gasteiger partial charge is 0.328 e. The van der Waals surface area contributed by atoms with Gasteiger partial charge in [-0.15, -0.1) is 0 Å². The Morgan fingerprint density at radius 1 is 1.41 bits per heavy atom. The average molecular weight is 248 g/mol. The number of amides is 2. The first-order valence-corrected chi connectivity index (χ1v) is 5.09. The Morgan fingerprint density at radius 2 is 1.94 bits per heavy atom. The van der Waals surface area contributed by atoms with Gasteiger partial charge in [0.05, 0.1) is 31.9 Å². The molecule has 0 aromatic carbocycles. The number of carbonyl (C=O) groups excluding carboxylic acids is 1. The molecule has 0 aromatic rings.